The van der Waals surface area contributed by atoms with Gasteiger partial charge in [0.05, 0.1) is 27.4 Å². The SMILES string of the molecule is [2H]C([2H])([2H])C([2H])([2H])Oc1cncc(N2CCCNCC2)c1. The van der Waals surface area contributed by atoms with Crippen molar-refractivity contribution in [3.8, 4) is 5.75 Å². The first-order valence-corrected chi connectivity index (χ1v) is 5.39. The Bertz CT molecular complexity index is 472. The molecule has 2 heterocycles. The summed E-state index contributed by atoms with van der Waals surface area (Å²) < 4.78 is 41.5. The Hall–Kier alpha value is -1.29. The Kier molecular flexibility index (Phi) is 2.30. The highest BCUT2D eigenvalue weighted by molar-refractivity contribution is 5.48. The fourth-order valence-corrected chi connectivity index (χ4v) is 1.80. The molecule has 1 saturated heterocycles. The number of hydrogen-bond donors (Lipinski definition) is 1. The zero-order valence-electron chi connectivity index (χ0n) is 14.1. The van der Waals surface area contributed by atoms with Gasteiger partial charge in [-0.2, -0.15) is 0 Å². The molecule has 0 amide bonds. The van der Waals surface area contributed by atoms with Gasteiger partial charge < -0.3 is 15.0 Å². The second-order valence-corrected chi connectivity index (χ2v) is 3.67. The minimum absolute atomic E-state index is 0.117. The van der Waals surface area contributed by atoms with Crippen molar-refractivity contribution >= 4 is 5.69 Å². The highest BCUT2D eigenvalue weighted by atomic mass is 16.5. The molecule has 1 aliphatic rings. The second kappa shape index (κ2) is 5.70. The molecule has 0 aliphatic carbocycles. The number of ether oxygens (including phenoxy) is 1. The first-order valence-electron chi connectivity index (χ1n) is 7.89. The molecule has 4 heteroatoms. The molecular weight excluding hydrogens is 202 g/mol. The minimum Gasteiger partial charge on any atom is -0.492 e. The van der Waals surface area contributed by atoms with E-state index in [0.29, 0.717) is 0 Å². The van der Waals surface area contributed by atoms with E-state index in [1.54, 1.807) is 12.3 Å². The lowest BCUT2D eigenvalue weighted by molar-refractivity contribution is 0.339. The van der Waals surface area contributed by atoms with Crippen LogP contribution in [-0.4, -0.2) is 37.7 Å². The minimum atomic E-state index is -2.85. The van der Waals surface area contributed by atoms with Gasteiger partial charge in [-0.15, -0.1) is 0 Å². The Morgan fingerprint density at radius 1 is 1.56 bits per heavy atom. The Morgan fingerprint density at radius 3 is 3.50 bits per heavy atom. The molecule has 88 valence electrons. The average Bonchev–Trinajstić information content (AvgIpc) is 2.66. The smallest absolute Gasteiger partial charge is 0.139 e. The number of rotatable bonds is 3. The van der Waals surface area contributed by atoms with Crippen molar-refractivity contribution in [1.82, 2.24) is 10.3 Å². The topological polar surface area (TPSA) is 37.4 Å². The summed E-state index contributed by atoms with van der Waals surface area (Å²) >= 11 is 0. The molecular formula is C12H19N3O. The van der Waals surface area contributed by atoms with Crippen LogP contribution in [0.3, 0.4) is 0 Å². The van der Waals surface area contributed by atoms with Gasteiger partial charge in [-0.3, -0.25) is 4.98 Å². The Morgan fingerprint density at radius 2 is 2.56 bits per heavy atom. The third kappa shape index (κ3) is 2.85. The standard InChI is InChI=1S/C12H19N3O/c1-2-16-12-8-11(9-14-10-12)15-6-3-4-13-5-7-15/h8-10,13H,2-7H2,1H3/i1D3,2D2. The summed E-state index contributed by atoms with van der Waals surface area (Å²) in [5.41, 5.74) is 0.803. The number of hydrogen-bond acceptors (Lipinski definition) is 4. The molecule has 0 aromatic carbocycles. The predicted octanol–water partition coefficient (Wildman–Crippen LogP) is 1.28. The molecule has 0 saturated carbocycles. The maximum atomic E-state index is 7.50. The van der Waals surface area contributed by atoms with E-state index in [9.17, 15) is 0 Å². The van der Waals surface area contributed by atoms with E-state index in [1.165, 1.54) is 6.20 Å². The van der Waals surface area contributed by atoms with E-state index in [0.717, 1.165) is 38.3 Å². The highest BCUT2D eigenvalue weighted by Crippen LogP contribution is 2.19. The van der Waals surface area contributed by atoms with Gasteiger partial charge in [-0.05, 0) is 19.8 Å². The van der Waals surface area contributed by atoms with Crippen LogP contribution in [0.15, 0.2) is 18.5 Å². The molecule has 1 N–H and O–H groups in total. The molecule has 1 fully saturated rings. The fraction of sp³-hybridized carbons (Fsp3) is 0.583. The van der Waals surface area contributed by atoms with Crippen LogP contribution in [0.4, 0.5) is 5.69 Å². The van der Waals surface area contributed by atoms with Crippen molar-refractivity contribution in [2.24, 2.45) is 0 Å². The van der Waals surface area contributed by atoms with Crippen LogP contribution in [0, 0.1) is 0 Å². The fourth-order valence-electron chi connectivity index (χ4n) is 1.80. The van der Waals surface area contributed by atoms with Gasteiger partial charge in [0, 0.05) is 29.8 Å². The Balaban J connectivity index is 2.14. The summed E-state index contributed by atoms with van der Waals surface area (Å²) in [6.07, 6.45) is 3.99. The quantitative estimate of drug-likeness (QED) is 0.842. The molecule has 0 radical (unpaired) electrons. The number of anilines is 1. The van der Waals surface area contributed by atoms with Crippen molar-refractivity contribution in [3.63, 3.8) is 0 Å². The highest BCUT2D eigenvalue weighted by Gasteiger charge is 2.10. The van der Waals surface area contributed by atoms with Crippen molar-refractivity contribution in [2.45, 2.75) is 13.3 Å². The lowest BCUT2D eigenvalue weighted by atomic mass is 10.3. The van der Waals surface area contributed by atoms with E-state index >= 15 is 0 Å². The number of nitrogens with one attached hydrogen (secondary N) is 1. The largest absolute Gasteiger partial charge is 0.492 e. The normalized spacial score (nSPS) is 23.2. The average molecular weight is 226 g/mol. The van der Waals surface area contributed by atoms with Crippen LogP contribution in [0.2, 0.25) is 0 Å². The summed E-state index contributed by atoms with van der Waals surface area (Å²) in [7, 11) is 0. The molecule has 4 nitrogen and oxygen atoms in total. The summed E-state index contributed by atoms with van der Waals surface area (Å²) in [5, 5.41) is 3.29. The molecule has 16 heavy (non-hydrogen) atoms. The van der Waals surface area contributed by atoms with Crippen LogP contribution in [0.25, 0.3) is 0 Å². The summed E-state index contributed by atoms with van der Waals surface area (Å²) in [5.74, 6) is 0.117. The van der Waals surface area contributed by atoms with Crippen molar-refractivity contribution in [1.29, 1.82) is 0 Å². The molecule has 0 unspecified atom stereocenters. The molecule has 0 bridgehead atoms. The van der Waals surface area contributed by atoms with Gasteiger partial charge in [0.15, 0.2) is 0 Å². The van der Waals surface area contributed by atoms with Gasteiger partial charge in [0.1, 0.15) is 5.75 Å². The van der Waals surface area contributed by atoms with E-state index in [2.05, 4.69) is 15.2 Å². The van der Waals surface area contributed by atoms with E-state index in [4.69, 9.17) is 11.6 Å². The molecule has 2 rings (SSSR count). The molecule has 1 aromatic heterocycles. The molecule has 0 atom stereocenters. The van der Waals surface area contributed by atoms with Gasteiger partial charge in [0.2, 0.25) is 0 Å². The maximum Gasteiger partial charge on any atom is 0.139 e. The van der Waals surface area contributed by atoms with Crippen LogP contribution in [0.1, 0.15) is 20.1 Å². The summed E-state index contributed by atoms with van der Waals surface area (Å²) in [6.45, 7) is -2.09. The number of nitrogens with zero attached hydrogens (tertiary/aromatic N) is 2. The maximum absolute atomic E-state index is 7.50. The van der Waals surface area contributed by atoms with Gasteiger partial charge >= 0.3 is 0 Å². The predicted molar refractivity (Wildman–Crippen MR) is 65.1 cm³/mol. The van der Waals surface area contributed by atoms with E-state index < -0.39 is 13.4 Å². The lowest BCUT2D eigenvalue weighted by Gasteiger charge is -2.22. The van der Waals surface area contributed by atoms with Crippen LogP contribution >= 0.6 is 0 Å². The van der Waals surface area contributed by atoms with E-state index in [-0.39, 0.29) is 5.75 Å². The number of aromatic nitrogens is 1. The van der Waals surface area contributed by atoms with Crippen LogP contribution in [-0.2, 0) is 0 Å². The second-order valence-electron chi connectivity index (χ2n) is 3.67. The van der Waals surface area contributed by atoms with Crippen molar-refractivity contribution in [2.75, 3.05) is 37.6 Å². The monoisotopic (exact) mass is 226 g/mol. The number of pyridine rings is 1. The third-order valence-corrected chi connectivity index (χ3v) is 2.57. The molecule has 1 aliphatic heterocycles. The van der Waals surface area contributed by atoms with Crippen LogP contribution < -0.4 is 15.0 Å². The third-order valence-electron chi connectivity index (χ3n) is 2.57. The van der Waals surface area contributed by atoms with Crippen LogP contribution in [0.5, 0.6) is 5.75 Å². The molecule has 1 aromatic rings. The first-order chi connectivity index (χ1) is 9.79. The zero-order chi connectivity index (χ0) is 15.5. The zero-order valence-corrected chi connectivity index (χ0v) is 9.07. The lowest BCUT2D eigenvalue weighted by Crippen LogP contribution is -2.27. The first kappa shape index (κ1) is 6.45. The van der Waals surface area contributed by atoms with Gasteiger partial charge in [0.25, 0.3) is 0 Å². The van der Waals surface area contributed by atoms with Crippen molar-refractivity contribution in [3.05, 3.63) is 18.5 Å². The summed E-state index contributed by atoms with van der Waals surface area (Å²) in [6, 6.07) is 1.63. The Labute approximate surface area is 104 Å². The van der Waals surface area contributed by atoms with E-state index in [1.807, 2.05) is 0 Å². The van der Waals surface area contributed by atoms with Crippen molar-refractivity contribution < 1.29 is 11.6 Å². The summed E-state index contributed by atoms with van der Waals surface area (Å²) in [4.78, 5) is 6.14. The molecule has 0 spiro atoms. The van der Waals surface area contributed by atoms with Gasteiger partial charge in [-0.25, -0.2) is 0 Å². The van der Waals surface area contributed by atoms with Gasteiger partial charge in [-0.1, -0.05) is 0 Å².